The molecule has 1 aromatic carbocycles. The Morgan fingerprint density at radius 3 is 2.43 bits per heavy atom. The minimum Gasteiger partial charge on any atom is -0.343 e. The summed E-state index contributed by atoms with van der Waals surface area (Å²) >= 11 is 0. The highest BCUT2D eigenvalue weighted by Crippen LogP contribution is 2.21. The molecule has 2 aliphatic rings. The first-order chi connectivity index (χ1) is 13.3. The summed E-state index contributed by atoms with van der Waals surface area (Å²) in [5, 5.41) is 0. The minimum absolute atomic E-state index is 0.0529. The van der Waals surface area contributed by atoms with Crippen molar-refractivity contribution in [2.45, 2.75) is 45.7 Å². The molecule has 8 heteroatoms. The Hall–Kier alpha value is -2.51. The van der Waals surface area contributed by atoms with Gasteiger partial charge in [-0.1, -0.05) is 12.1 Å². The van der Waals surface area contributed by atoms with Crippen LogP contribution in [0.15, 0.2) is 12.1 Å². The average Bonchev–Trinajstić information content (AvgIpc) is 3.07. The van der Waals surface area contributed by atoms with Crippen LogP contribution < -0.4 is 0 Å². The molecule has 0 spiro atoms. The summed E-state index contributed by atoms with van der Waals surface area (Å²) in [6, 6.07) is 2.15. The predicted octanol–water partition coefficient (Wildman–Crippen LogP) is 1.85. The third kappa shape index (κ3) is 4.00. The fraction of sp³-hybridized carbons (Fsp3) is 0.550. The van der Waals surface area contributed by atoms with E-state index in [9.17, 15) is 23.2 Å². The monoisotopic (exact) mass is 393 g/mol. The second kappa shape index (κ2) is 8.24. The average molecular weight is 393 g/mol. The van der Waals surface area contributed by atoms with Gasteiger partial charge in [-0.05, 0) is 32.3 Å². The second-order valence-corrected chi connectivity index (χ2v) is 7.46. The molecule has 152 valence electrons. The number of benzene rings is 1. The molecule has 3 amide bonds. The van der Waals surface area contributed by atoms with E-state index in [1.54, 1.807) is 11.8 Å². The molecule has 2 aliphatic heterocycles. The van der Waals surface area contributed by atoms with Gasteiger partial charge in [-0.3, -0.25) is 14.4 Å². The largest absolute Gasteiger partial charge is 0.343 e. The molecular weight excluding hydrogens is 368 g/mol. The van der Waals surface area contributed by atoms with E-state index in [1.165, 1.54) is 28.9 Å². The summed E-state index contributed by atoms with van der Waals surface area (Å²) in [6.07, 6.45) is 2.04. The number of nitrogens with zero attached hydrogens (tertiary/aromatic N) is 3. The van der Waals surface area contributed by atoms with Crippen molar-refractivity contribution in [3.63, 3.8) is 0 Å². The molecule has 6 nitrogen and oxygen atoms in total. The number of carbonyl (C=O) groups excluding carboxylic acids is 3. The van der Waals surface area contributed by atoms with Crippen molar-refractivity contribution in [3.05, 3.63) is 34.9 Å². The zero-order chi connectivity index (χ0) is 20.4. The molecule has 0 unspecified atom stereocenters. The summed E-state index contributed by atoms with van der Waals surface area (Å²) in [6.45, 7) is 4.53. The van der Waals surface area contributed by atoms with Crippen molar-refractivity contribution in [1.82, 2.24) is 14.7 Å². The zero-order valence-electron chi connectivity index (χ0n) is 16.2. The molecule has 1 aromatic rings. The highest BCUT2D eigenvalue weighted by Gasteiger charge is 2.36. The smallest absolute Gasteiger partial charge is 0.245 e. The van der Waals surface area contributed by atoms with Gasteiger partial charge in [-0.25, -0.2) is 8.78 Å². The first-order valence-electron chi connectivity index (χ1n) is 9.59. The molecule has 0 aromatic heterocycles. The van der Waals surface area contributed by atoms with Gasteiger partial charge in [0.1, 0.15) is 6.04 Å². The van der Waals surface area contributed by atoms with Crippen LogP contribution >= 0.6 is 0 Å². The van der Waals surface area contributed by atoms with E-state index in [0.717, 1.165) is 13.0 Å². The predicted molar refractivity (Wildman–Crippen MR) is 98.1 cm³/mol. The molecule has 1 atom stereocenters. The summed E-state index contributed by atoms with van der Waals surface area (Å²) in [7, 11) is 0. The second-order valence-electron chi connectivity index (χ2n) is 7.46. The quantitative estimate of drug-likeness (QED) is 0.741. The molecule has 2 heterocycles. The van der Waals surface area contributed by atoms with Crippen molar-refractivity contribution < 1.29 is 23.2 Å². The third-order valence-corrected chi connectivity index (χ3v) is 5.51. The fourth-order valence-corrected chi connectivity index (χ4v) is 3.74. The summed E-state index contributed by atoms with van der Waals surface area (Å²) < 4.78 is 27.9. The Balaban J connectivity index is 1.60. The van der Waals surface area contributed by atoms with Gasteiger partial charge in [-0.15, -0.1) is 0 Å². The number of aryl methyl sites for hydroxylation is 1. The molecule has 0 radical (unpaired) electrons. The number of piperazine rings is 1. The molecule has 2 saturated heterocycles. The molecule has 0 bridgehead atoms. The number of halogens is 2. The van der Waals surface area contributed by atoms with Crippen molar-refractivity contribution in [2.24, 2.45) is 0 Å². The fourth-order valence-electron chi connectivity index (χ4n) is 3.74. The SMILES string of the molecule is Cc1ccc(CN2C(=O)CN(CCCN3CCCC3=O)C(=O)[C@@H]2C)c(F)c1F. The Kier molecular flexibility index (Phi) is 5.96. The maximum Gasteiger partial charge on any atom is 0.245 e. The van der Waals surface area contributed by atoms with Crippen LogP contribution in [-0.2, 0) is 20.9 Å². The van der Waals surface area contributed by atoms with Crippen LogP contribution in [0.25, 0.3) is 0 Å². The van der Waals surface area contributed by atoms with Crippen molar-refractivity contribution in [3.8, 4) is 0 Å². The highest BCUT2D eigenvalue weighted by molar-refractivity contribution is 5.94. The van der Waals surface area contributed by atoms with E-state index in [2.05, 4.69) is 0 Å². The number of carbonyl (C=O) groups is 3. The van der Waals surface area contributed by atoms with E-state index < -0.39 is 17.7 Å². The first-order valence-corrected chi connectivity index (χ1v) is 9.59. The zero-order valence-corrected chi connectivity index (χ0v) is 16.2. The molecule has 0 saturated carbocycles. The highest BCUT2D eigenvalue weighted by atomic mass is 19.2. The molecular formula is C20H25F2N3O3. The van der Waals surface area contributed by atoms with Crippen LogP contribution in [0.4, 0.5) is 8.78 Å². The van der Waals surface area contributed by atoms with Gasteiger partial charge in [-0.2, -0.15) is 0 Å². The third-order valence-electron chi connectivity index (χ3n) is 5.51. The topological polar surface area (TPSA) is 60.9 Å². The Bertz CT molecular complexity index is 799. The van der Waals surface area contributed by atoms with Gasteiger partial charge < -0.3 is 14.7 Å². The standard InChI is InChI=1S/C20H25F2N3O3/c1-13-6-7-15(19(22)18(13)21)11-25-14(2)20(28)24(12-17(25)27)10-4-9-23-8-3-5-16(23)26/h6-7,14H,3-5,8-12H2,1-2H3/t14-/m0/s1. The first kappa shape index (κ1) is 20.2. The lowest BCUT2D eigenvalue weighted by atomic mass is 10.1. The van der Waals surface area contributed by atoms with Crippen LogP contribution in [0.3, 0.4) is 0 Å². The number of rotatable bonds is 6. The normalized spacial score (nSPS) is 20.5. The number of likely N-dealkylation sites (tertiary alicyclic amines) is 1. The minimum atomic E-state index is -0.981. The van der Waals surface area contributed by atoms with E-state index in [0.29, 0.717) is 25.9 Å². The Labute approximate surface area is 163 Å². The number of hydrogen-bond acceptors (Lipinski definition) is 3. The lowest BCUT2D eigenvalue weighted by Crippen LogP contribution is -2.58. The van der Waals surface area contributed by atoms with Crippen molar-refractivity contribution >= 4 is 17.7 Å². The lowest BCUT2D eigenvalue weighted by Gasteiger charge is -2.39. The summed E-state index contributed by atoms with van der Waals surface area (Å²) in [5.41, 5.74) is 0.245. The van der Waals surface area contributed by atoms with Gasteiger partial charge in [0.2, 0.25) is 17.7 Å². The molecule has 0 aliphatic carbocycles. The van der Waals surface area contributed by atoms with Crippen LogP contribution in [0, 0.1) is 18.6 Å². The Morgan fingerprint density at radius 1 is 1.04 bits per heavy atom. The van der Waals surface area contributed by atoms with Gasteiger partial charge >= 0.3 is 0 Å². The summed E-state index contributed by atoms with van der Waals surface area (Å²) in [5.74, 6) is -2.30. The van der Waals surface area contributed by atoms with E-state index in [-0.39, 0.29) is 41.9 Å². The van der Waals surface area contributed by atoms with Gasteiger partial charge in [0, 0.05) is 38.2 Å². The molecule has 3 rings (SSSR count). The van der Waals surface area contributed by atoms with Crippen molar-refractivity contribution in [2.75, 3.05) is 26.2 Å². The molecule has 2 fully saturated rings. The lowest BCUT2D eigenvalue weighted by molar-refractivity contribution is -0.155. The maximum absolute atomic E-state index is 14.2. The van der Waals surface area contributed by atoms with Crippen LogP contribution in [0.1, 0.15) is 37.3 Å². The van der Waals surface area contributed by atoms with Gasteiger partial charge in [0.05, 0.1) is 6.54 Å². The van der Waals surface area contributed by atoms with E-state index in [1.807, 2.05) is 0 Å². The van der Waals surface area contributed by atoms with E-state index in [4.69, 9.17) is 0 Å². The van der Waals surface area contributed by atoms with Crippen LogP contribution in [-0.4, -0.2) is 64.6 Å². The van der Waals surface area contributed by atoms with Crippen LogP contribution in [0.5, 0.6) is 0 Å². The Morgan fingerprint density at radius 2 is 1.75 bits per heavy atom. The van der Waals surface area contributed by atoms with Crippen LogP contribution in [0.2, 0.25) is 0 Å². The molecule has 28 heavy (non-hydrogen) atoms. The summed E-state index contributed by atoms with van der Waals surface area (Å²) in [4.78, 5) is 41.4. The van der Waals surface area contributed by atoms with Crippen molar-refractivity contribution in [1.29, 1.82) is 0 Å². The van der Waals surface area contributed by atoms with E-state index >= 15 is 0 Å². The maximum atomic E-state index is 14.2. The number of hydrogen-bond donors (Lipinski definition) is 0. The van der Waals surface area contributed by atoms with Gasteiger partial charge in [0.15, 0.2) is 11.6 Å². The molecule has 0 N–H and O–H groups in total. The van der Waals surface area contributed by atoms with Gasteiger partial charge in [0.25, 0.3) is 0 Å². The number of amides is 3.